The molecule has 6 nitrogen and oxygen atoms in total. The molecule has 0 spiro atoms. The number of benzene rings is 1. The molecule has 1 aromatic carbocycles. The maximum atomic E-state index is 13.9. The van der Waals surface area contributed by atoms with Gasteiger partial charge in [0.1, 0.15) is 5.82 Å². The first-order valence-corrected chi connectivity index (χ1v) is 7.98. The number of nitrogens with one attached hydrogen (secondary N) is 2. The van der Waals surface area contributed by atoms with E-state index >= 15 is 0 Å². The number of amides is 1. The van der Waals surface area contributed by atoms with Crippen LogP contribution in [0.15, 0.2) is 42.6 Å². The first-order chi connectivity index (χ1) is 12.6. The molecule has 0 aliphatic carbocycles. The third-order valence-electron chi connectivity index (χ3n) is 3.37. The molecule has 2 N–H and O–H groups in total. The Morgan fingerprint density at radius 1 is 1.15 bits per heavy atom. The van der Waals surface area contributed by atoms with Gasteiger partial charge >= 0.3 is 17.8 Å². The summed E-state index contributed by atoms with van der Waals surface area (Å²) in [5.41, 5.74) is -3.74. The van der Waals surface area contributed by atoms with Crippen LogP contribution in [-0.4, -0.2) is 35.8 Å². The normalized spacial score (nSPS) is 13.4. The molecule has 0 fully saturated rings. The molecule has 0 radical (unpaired) electrons. The fraction of sp³-hybridized carbons (Fsp3) is 0.188. The minimum Gasteiger partial charge on any atom is -0.466 e. The molecule has 0 aliphatic heterocycles. The van der Waals surface area contributed by atoms with Crippen LogP contribution in [0, 0.1) is 0 Å². The van der Waals surface area contributed by atoms with E-state index in [0.717, 1.165) is 19.4 Å². The van der Waals surface area contributed by atoms with Crippen LogP contribution in [0.1, 0.15) is 10.4 Å². The first-order valence-electron chi connectivity index (χ1n) is 7.22. The van der Waals surface area contributed by atoms with Crippen LogP contribution in [0.4, 0.5) is 19.0 Å². The smallest absolute Gasteiger partial charge is 0.441 e. The van der Waals surface area contributed by atoms with Crippen molar-refractivity contribution in [1.82, 2.24) is 10.3 Å². The Kier molecular flexibility index (Phi) is 6.17. The van der Waals surface area contributed by atoms with Crippen LogP contribution in [-0.2, 0) is 9.53 Å². The number of aromatic nitrogens is 1. The third-order valence-corrected chi connectivity index (χ3v) is 3.86. The van der Waals surface area contributed by atoms with Crippen molar-refractivity contribution in [1.29, 1.82) is 0 Å². The fourth-order valence-electron chi connectivity index (χ4n) is 2.06. The summed E-state index contributed by atoms with van der Waals surface area (Å²) in [5, 5.41) is 3.26. The number of hydrogen-bond acceptors (Lipinski definition) is 5. The highest BCUT2D eigenvalue weighted by Gasteiger charge is 2.64. The molecule has 2 rings (SSSR count). The number of halogens is 5. The van der Waals surface area contributed by atoms with Crippen LogP contribution in [0.3, 0.4) is 0 Å². The molecule has 0 bridgehead atoms. The second-order valence-electron chi connectivity index (χ2n) is 5.17. The molecule has 0 saturated heterocycles. The summed E-state index contributed by atoms with van der Waals surface area (Å²) in [6.45, 7) is 0. The highest BCUT2D eigenvalue weighted by Crippen LogP contribution is 2.35. The highest BCUT2D eigenvalue weighted by atomic mass is 35.5. The molecule has 1 heterocycles. The molecule has 11 heteroatoms. The molecule has 27 heavy (non-hydrogen) atoms. The number of alkyl halides is 3. The van der Waals surface area contributed by atoms with Gasteiger partial charge in [-0.15, -0.1) is 0 Å². The van der Waals surface area contributed by atoms with Crippen molar-refractivity contribution in [3.63, 3.8) is 0 Å². The number of pyridine rings is 1. The van der Waals surface area contributed by atoms with Gasteiger partial charge in [-0.2, -0.15) is 13.2 Å². The number of carbonyl (C=O) groups excluding carboxylic acids is 2. The second-order valence-corrected chi connectivity index (χ2v) is 6.01. The van der Waals surface area contributed by atoms with Crippen LogP contribution in [0.2, 0.25) is 10.0 Å². The number of esters is 1. The Morgan fingerprint density at radius 2 is 1.78 bits per heavy atom. The lowest BCUT2D eigenvalue weighted by atomic mass is 10.1. The Balaban J connectivity index is 2.53. The second kappa shape index (κ2) is 8.01. The SMILES string of the molecule is COC(=O)C(NC(=O)c1ccccc1)(Nc1ncc(Cl)cc1Cl)C(F)(F)F. The molecule has 0 aliphatic rings. The summed E-state index contributed by atoms with van der Waals surface area (Å²) >= 11 is 11.5. The van der Waals surface area contributed by atoms with E-state index in [1.807, 2.05) is 5.32 Å². The zero-order valence-corrected chi connectivity index (χ0v) is 15.1. The monoisotopic (exact) mass is 421 g/mol. The lowest BCUT2D eigenvalue weighted by Crippen LogP contribution is -2.69. The molecule has 1 amide bonds. The van der Waals surface area contributed by atoms with E-state index in [4.69, 9.17) is 23.2 Å². The van der Waals surface area contributed by atoms with Gasteiger partial charge in [0.05, 0.1) is 17.2 Å². The van der Waals surface area contributed by atoms with Crippen molar-refractivity contribution in [2.75, 3.05) is 12.4 Å². The summed E-state index contributed by atoms with van der Waals surface area (Å²) in [4.78, 5) is 28.1. The van der Waals surface area contributed by atoms with E-state index < -0.39 is 29.5 Å². The van der Waals surface area contributed by atoms with Gasteiger partial charge in [0.15, 0.2) is 0 Å². The summed E-state index contributed by atoms with van der Waals surface area (Å²) < 4.78 is 46.0. The van der Waals surface area contributed by atoms with Gasteiger partial charge in [-0.25, -0.2) is 9.78 Å². The lowest BCUT2D eigenvalue weighted by Gasteiger charge is -2.34. The number of rotatable bonds is 5. The molecular weight excluding hydrogens is 410 g/mol. The molecule has 1 atom stereocenters. The van der Waals surface area contributed by atoms with Gasteiger partial charge in [0, 0.05) is 11.8 Å². The Bertz CT molecular complexity index is 850. The maximum absolute atomic E-state index is 13.9. The molecular formula is C16H12Cl2F3N3O3. The zero-order valence-electron chi connectivity index (χ0n) is 13.6. The predicted molar refractivity (Wildman–Crippen MR) is 92.6 cm³/mol. The van der Waals surface area contributed by atoms with E-state index in [1.165, 1.54) is 24.3 Å². The van der Waals surface area contributed by atoms with Crippen molar-refractivity contribution in [2.45, 2.75) is 11.8 Å². The molecule has 1 aromatic heterocycles. The van der Waals surface area contributed by atoms with Crippen molar-refractivity contribution in [3.05, 3.63) is 58.2 Å². The van der Waals surface area contributed by atoms with Gasteiger partial charge in [0.2, 0.25) is 0 Å². The predicted octanol–water partition coefficient (Wildman–Crippen LogP) is 3.66. The van der Waals surface area contributed by atoms with E-state index in [1.54, 1.807) is 11.4 Å². The first kappa shape index (κ1) is 20.8. The Hall–Kier alpha value is -2.52. The average molecular weight is 422 g/mol. The topological polar surface area (TPSA) is 80.3 Å². The number of nitrogens with zero attached hydrogens (tertiary/aromatic N) is 1. The van der Waals surface area contributed by atoms with Gasteiger partial charge in [-0.05, 0) is 18.2 Å². The number of carbonyl (C=O) groups is 2. The molecule has 0 saturated carbocycles. The molecule has 2 aromatic rings. The van der Waals surface area contributed by atoms with Crippen molar-refractivity contribution < 1.29 is 27.5 Å². The van der Waals surface area contributed by atoms with Crippen molar-refractivity contribution in [3.8, 4) is 0 Å². The average Bonchev–Trinajstić information content (AvgIpc) is 2.62. The van der Waals surface area contributed by atoms with Crippen LogP contribution in [0.25, 0.3) is 0 Å². The Morgan fingerprint density at radius 3 is 2.30 bits per heavy atom. The maximum Gasteiger partial charge on any atom is 0.441 e. The van der Waals surface area contributed by atoms with Gasteiger partial charge in [-0.3, -0.25) is 4.79 Å². The van der Waals surface area contributed by atoms with E-state index in [9.17, 15) is 22.8 Å². The Labute approximate surface area is 161 Å². The minimum atomic E-state index is -5.31. The summed E-state index contributed by atoms with van der Waals surface area (Å²) in [7, 11) is 0.746. The van der Waals surface area contributed by atoms with Crippen molar-refractivity contribution in [2.24, 2.45) is 0 Å². The van der Waals surface area contributed by atoms with E-state index in [-0.39, 0.29) is 15.6 Å². The lowest BCUT2D eigenvalue weighted by molar-refractivity contribution is -0.203. The van der Waals surface area contributed by atoms with Crippen molar-refractivity contribution >= 4 is 40.9 Å². The van der Waals surface area contributed by atoms with Gasteiger partial charge in [0.25, 0.3) is 5.91 Å². The minimum absolute atomic E-state index is 0.0644. The van der Waals surface area contributed by atoms with Crippen LogP contribution < -0.4 is 10.6 Å². The highest BCUT2D eigenvalue weighted by molar-refractivity contribution is 6.36. The third kappa shape index (κ3) is 4.42. The molecule has 144 valence electrons. The molecule has 1 unspecified atom stereocenters. The van der Waals surface area contributed by atoms with Gasteiger partial charge < -0.3 is 15.4 Å². The van der Waals surface area contributed by atoms with E-state index in [0.29, 0.717) is 0 Å². The quantitative estimate of drug-likeness (QED) is 0.568. The fourth-order valence-corrected chi connectivity index (χ4v) is 2.49. The van der Waals surface area contributed by atoms with Gasteiger partial charge in [-0.1, -0.05) is 41.4 Å². The standard InChI is InChI=1S/C16H12Cl2F3N3O3/c1-27-14(26)15(16(19,20)21,23-12-11(18)7-10(17)8-22-12)24-13(25)9-5-3-2-4-6-9/h2-8H,1H3,(H,22,23)(H,24,25). The number of anilines is 1. The zero-order chi connectivity index (χ0) is 20.2. The summed E-state index contributed by atoms with van der Waals surface area (Å²) in [6.07, 6.45) is -4.29. The van der Waals surface area contributed by atoms with E-state index in [2.05, 4.69) is 9.72 Å². The number of ether oxygens (including phenoxy) is 1. The summed E-state index contributed by atoms with van der Waals surface area (Å²) in [6, 6.07) is 8.16. The van der Waals surface area contributed by atoms with Crippen LogP contribution in [0.5, 0.6) is 0 Å². The number of hydrogen-bond donors (Lipinski definition) is 2. The largest absolute Gasteiger partial charge is 0.466 e. The van der Waals surface area contributed by atoms with Crippen LogP contribution >= 0.6 is 23.2 Å². The summed E-state index contributed by atoms with van der Waals surface area (Å²) in [5.74, 6) is -3.51. The number of methoxy groups -OCH3 is 1.